The van der Waals surface area contributed by atoms with Crippen molar-refractivity contribution in [2.75, 3.05) is 6.54 Å². The topological polar surface area (TPSA) is 12.0 Å². The van der Waals surface area contributed by atoms with Gasteiger partial charge in [0.25, 0.3) is 0 Å². The highest BCUT2D eigenvalue weighted by atomic mass is 19.1. The van der Waals surface area contributed by atoms with Gasteiger partial charge in [0.15, 0.2) is 0 Å². The highest BCUT2D eigenvalue weighted by Crippen LogP contribution is 2.31. The van der Waals surface area contributed by atoms with Gasteiger partial charge in [-0.15, -0.1) is 0 Å². The van der Waals surface area contributed by atoms with Crippen LogP contribution in [0.2, 0.25) is 0 Å². The maximum Gasteiger partial charge on any atom is 0.126 e. The molecule has 0 saturated heterocycles. The summed E-state index contributed by atoms with van der Waals surface area (Å²) in [7, 11) is 0. The van der Waals surface area contributed by atoms with E-state index in [1.807, 2.05) is 25.1 Å². The zero-order valence-electron chi connectivity index (χ0n) is 13.1. The zero-order valence-corrected chi connectivity index (χ0v) is 13.1. The summed E-state index contributed by atoms with van der Waals surface area (Å²) in [5.74, 6) is 0.197. The summed E-state index contributed by atoms with van der Waals surface area (Å²) >= 11 is 0. The van der Waals surface area contributed by atoms with Gasteiger partial charge in [0, 0.05) is 12.0 Å². The van der Waals surface area contributed by atoms with Gasteiger partial charge in [-0.05, 0) is 42.6 Å². The standard InChI is InChI=1S/C19H24FN/c1-4-12-21-19(15(3)16-8-6-5-7-9-16)17-10-11-18(20)14(2)13-17/h5-11,13,15,19,21H,4,12H2,1-3H3. The second-order valence-corrected chi connectivity index (χ2v) is 5.64. The van der Waals surface area contributed by atoms with Gasteiger partial charge < -0.3 is 5.32 Å². The summed E-state index contributed by atoms with van der Waals surface area (Å²) in [5, 5.41) is 3.61. The SMILES string of the molecule is CCCNC(c1ccc(F)c(C)c1)C(C)c1ccccc1. The molecular formula is C19H24FN. The van der Waals surface area contributed by atoms with Crippen molar-refractivity contribution < 1.29 is 4.39 Å². The summed E-state index contributed by atoms with van der Waals surface area (Å²) in [6, 6.07) is 16.1. The molecule has 0 saturated carbocycles. The minimum absolute atomic E-state index is 0.139. The average molecular weight is 285 g/mol. The molecule has 0 aliphatic carbocycles. The van der Waals surface area contributed by atoms with Gasteiger partial charge in [-0.25, -0.2) is 4.39 Å². The van der Waals surface area contributed by atoms with Crippen molar-refractivity contribution in [3.8, 4) is 0 Å². The third-order valence-corrected chi connectivity index (χ3v) is 3.98. The van der Waals surface area contributed by atoms with E-state index in [0.29, 0.717) is 11.5 Å². The van der Waals surface area contributed by atoms with E-state index in [1.54, 1.807) is 6.07 Å². The molecule has 2 unspecified atom stereocenters. The predicted octanol–water partition coefficient (Wildman–Crippen LogP) is 4.98. The minimum Gasteiger partial charge on any atom is -0.309 e. The van der Waals surface area contributed by atoms with Crippen molar-refractivity contribution in [3.63, 3.8) is 0 Å². The molecule has 2 aromatic carbocycles. The summed E-state index contributed by atoms with van der Waals surface area (Å²) in [6.45, 7) is 7.16. The van der Waals surface area contributed by atoms with Crippen LogP contribution < -0.4 is 5.32 Å². The van der Waals surface area contributed by atoms with Gasteiger partial charge in [0.2, 0.25) is 0 Å². The molecule has 0 radical (unpaired) electrons. The Labute approximate surface area is 127 Å². The van der Waals surface area contributed by atoms with E-state index >= 15 is 0 Å². The van der Waals surface area contributed by atoms with Crippen LogP contribution in [0.5, 0.6) is 0 Å². The molecule has 2 atom stereocenters. The Morgan fingerprint density at radius 1 is 1.05 bits per heavy atom. The molecule has 2 heteroatoms. The summed E-state index contributed by atoms with van der Waals surface area (Å²) in [4.78, 5) is 0. The first kappa shape index (κ1) is 15.7. The average Bonchev–Trinajstić information content (AvgIpc) is 2.51. The van der Waals surface area contributed by atoms with Gasteiger partial charge in [0.05, 0.1) is 0 Å². The van der Waals surface area contributed by atoms with Crippen LogP contribution in [0.1, 0.15) is 48.9 Å². The lowest BCUT2D eigenvalue weighted by molar-refractivity contribution is 0.465. The van der Waals surface area contributed by atoms with Gasteiger partial charge in [-0.3, -0.25) is 0 Å². The van der Waals surface area contributed by atoms with E-state index in [2.05, 4.69) is 43.4 Å². The molecule has 112 valence electrons. The first-order valence-electron chi connectivity index (χ1n) is 7.68. The monoisotopic (exact) mass is 285 g/mol. The van der Waals surface area contributed by atoms with Crippen molar-refractivity contribution in [2.45, 2.75) is 39.2 Å². The summed E-state index contributed by atoms with van der Waals surface area (Å²) in [5.41, 5.74) is 3.16. The van der Waals surface area contributed by atoms with E-state index < -0.39 is 0 Å². The highest BCUT2D eigenvalue weighted by Gasteiger charge is 2.20. The normalized spacial score (nSPS) is 13.9. The number of hydrogen-bond acceptors (Lipinski definition) is 1. The van der Waals surface area contributed by atoms with Crippen molar-refractivity contribution in [1.29, 1.82) is 0 Å². The van der Waals surface area contributed by atoms with Crippen LogP contribution in [0.15, 0.2) is 48.5 Å². The van der Waals surface area contributed by atoms with Crippen LogP contribution in [-0.4, -0.2) is 6.54 Å². The van der Waals surface area contributed by atoms with Crippen molar-refractivity contribution in [2.24, 2.45) is 0 Å². The van der Waals surface area contributed by atoms with Crippen LogP contribution >= 0.6 is 0 Å². The fraction of sp³-hybridized carbons (Fsp3) is 0.368. The second-order valence-electron chi connectivity index (χ2n) is 5.64. The second kappa shape index (κ2) is 7.37. The number of rotatable bonds is 6. The molecule has 2 aromatic rings. The molecule has 0 aromatic heterocycles. The lowest BCUT2D eigenvalue weighted by atomic mass is 9.88. The largest absolute Gasteiger partial charge is 0.309 e. The molecule has 0 amide bonds. The molecule has 0 bridgehead atoms. The van der Waals surface area contributed by atoms with Gasteiger partial charge in [0.1, 0.15) is 5.82 Å². The van der Waals surface area contributed by atoms with Crippen molar-refractivity contribution in [3.05, 3.63) is 71.0 Å². The molecule has 0 aliphatic rings. The molecule has 1 nitrogen and oxygen atoms in total. The van der Waals surface area contributed by atoms with Gasteiger partial charge in [-0.1, -0.05) is 56.3 Å². The van der Waals surface area contributed by atoms with Gasteiger partial charge >= 0.3 is 0 Å². The minimum atomic E-state index is -0.139. The van der Waals surface area contributed by atoms with E-state index in [0.717, 1.165) is 18.5 Å². The number of benzene rings is 2. The quantitative estimate of drug-likeness (QED) is 0.789. The fourth-order valence-electron chi connectivity index (χ4n) is 2.69. The number of aryl methyl sites for hydroxylation is 1. The molecule has 2 rings (SSSR count). The number of nitrogens with one attached hydrogen (secondary N) is 1. The molecule has 1 N–H and O–H groups in total. The Hall–Kier alpha value is -1.67. The third kappa shape index (κ3) is 3.92. The maximum absolute atomic E-state index is 13.5. The predicted molar refractivity (Wildman–Crippen MR) is 87.0 cm³/mol. The van der Waals surface area contributed by atoms with Gasteiger partial charge in [-0.2, -0.15) is 0 Å². The van der Waals surface area contributed by atoms with Crippen LogP contribution in [0.3, 0.4) is 0 Å². The van der Waals surface area contributed by atoms with E-state index in [9.17, 15) is 4.39 Å². The zero-order chi connectivity index (χ0) is 15.2. The van der Waals surface area contributed by atoms with Crippen LogP contribution in [0, 0.1) is 12.7 Å². The number of halogens is 1. The summed E-state index contributed by atoms with van der Waals surface area (Å²) < 4.78 is 13.5. The van der Waals surface area contributed by atoms with E-state index in [4.69, 9.17) is 0 Å². The first-order chi connectivity index (χ1) is 10.1. The van der Waals surface area contributed by atoms with E-state index in [-0.39, 0.29) is 11.9 Å². The Morgan fingerprint density at radius 3 is 2.38 bits per heavy atom. The third-order valence-electron chi connectivity index (χ3n) is 3.98. The lowest BCUT2D eigenvalue weighted by Crippen LogP contribution is -2.26. The Balaban J connectivity index is 2.31. The first-order valence-corrected chi connectivity index (χ1v) is 7.68. The molecule has 21 heavy (non-hydrogen) atoms. The Morgan fingerprint density at radius 2 is 1.76 bits per heavy atom. The molecule has 0 aliphatic heterocycles. The van der Waals surface area contributed by atoms with Crippen LogP contribution in [-0.2, 0) is 0 Å². The lowest BCUT2D eigenvalue weighted by Gasteiger charge is -2.26. The van der Waals surface area contributed by atoms with E-state index in [1.165, 1.54) is 5.56 Å². The van der Waals surface area contributed by atoms with Crippen molar-refractivity contribution >= 4 is 0 Å². The smallest absolute Gasteiger partial charge is 0.126 e. The summed E-state index contributed by atoms with van der Waals surface area (Å²) in [6.07, 6.45) is 1.08. The van der Waals surface area contributed by atoms with Crippen molar-refractivity contribution in [1.82, 2.24) is 5.32 Å². The van der Waals surface area contributed by atoms with Crippen LogP contribution in [0.4, 0.5) is 4.39 Å². The molecule has 0 fully saturated rings. The number of hydrogen-bond donors (Lipinski definition) is 1. The molecule has 0 heterocycles. The Bertz CT molecular complexity index is 565. The highest BCUT2D eigenvalue weighted by molar-refractivity contribution is 5.31. The van der Waals surface area contributed by atoms with Crippen LogP contribution in [0.25, 0.3) is 0 Å². The fourth-order valence-corrected chi connectivity index (χ4v) is 2.69. The maximum atomic E-state index is 13.5. The molecule has 0 spiro atoms. The Kier molecular flexibility index (Phi) is 5.51. The molecular weight excluding hydrogens is 261 g/mol.